The average Bonchev–Trinajstić information content (AvgIpc) is 3.46. The van der Waals surface area contributed by atoms with Gasteiger partial charge in [0.2, 0.25) is 0 Å². The lowest BCUT2D eigenvalue weighted by Crippen LogP contribution is -2.40. The van der Waals surface area contributed by atoms with Crippen molar-refractivity contribution < 1.29 is 28.7 Å². The fourth-order valence-corrected chi connectivity index (χ4v) is 4.47. The largest absolute Gasteiger partial charge is 0.444 e. The second kappa shape index (κ2) is 10.5. The van der Waals surface area contributed by atoms with E-state index < -0.39 is 29.6 Å². The van der Waals surface area contributed by atoms with Gasteiger partial charge < -0.3 is 14.4 Å². The molecule has 0 bridgehead atoms. The summed E-state index contributed by atoms with van der Waals surface area (Å²) in [7, 11) is 0. The van der Waals surface area contributed by atoms with Crippen LogP contribution in [0.4, 0.5) is 10.7 Å². The fourth-order valence-electron chi connectivity index (χ4n) is 4.47. The van der Waals surface area contributed by atoms with Crippen LogP contribution in [0.2, 0.25) is 0 Å². The van der Waals surface area contributed by atoms with Crippen molar-refractivity contribution in [1.82, 2.24) is 29.5 Å². The Hall–Kier alpha value is -4.65. The van der Waals surface area contributed by atoms with Crippen molar-refractivity contribution in [3.63, 3.8) is 0 Å². The molecule has 1 fully saturated rings. The van der Waals surface area contributed by atoms with Gasteiger partial charge in [-0.25, -0.2) is 9.78 Å². The first-order valence-electron chi connectivity index (χ1n) is 12.8. The zero-order valence-corrected chi connectivity index (χ0v) is 22.6. The Labute approximate surface area is 230 Å². The van der Waals surface area contributed by atoms with Gasteiger partial charge in [0.1, 0.15) is 5.60 Å². The lowest BCUT2D eigenvalue weighted by atomic mass is 10.1. The van der Waals surface area contributed by atoms with Crippen molar-refractivity contribution in [3.8, 4) is 5.82 Å². The number of fused-ring (bicyclic) bond motifs is 1. The summed E-state index contributed by atoms with van der Waals surface area (Å²) in [5.41, 5.74) is 0.212. The molecule has 4 amide bonds. The van der Waals surface area contributed by atoms with Crippen molar-refractivity contribution in [2.75, 3.05) is 31.6 Å². The second-order valence-corrected chi connectivity index (χ2v) is 10.3. The quantitative estimate of drug-likeness (QED) is 0.476. The molecule has 1 aromatic carbocycles. The number of amides is 4. The topological polar surface area (TPSA) is 149 Å². The van der Waals surface area contributed by atoms with E-state index in [0.29, 0.717) is 43.0 Å². The van der Waals surface area contributed by atoms with Crippen LogP contribution in [-0.2, 0) is 9.47 Å². The van der Waals surface area contributed by atoms with Gasteiger partial charge in [-0.05, 0) is 52.0 Å². The molecule has 2 aromatic heterocycles. The summed E-state index contributed by atoms with van der Waals surface area (Å²) >= 11 is 0. The number of pyridine rings is 1. The van der Waals surface area contributed by atoms with Gasteiger partial charge in [-0.2, -0.15) is 9.67 Å². The molecule has 3 aromatic rings. The number of aromatic nitrogens is 4. The van der Waals surface area contributed by atoms with Crippen molar-refractivity contribution in [3.05, 3.63) is 65.1 Å². The van der Waals surface area contributed by atoms with Gasteiger partial charge in [-0.3, -0.25) is 24.6 Å². The van der Waals surface area contributed by atoms with Gasteiger partial charge in [-0.15, -0.1) is 5.10 Å². The lowest BCUT2D eigenvalue weighted by Gasteiger charge is -2.26. The summed E-state index contributed by atoms with van der Waals surface area (Å²) in [5, 5.41) is 6.87. The van der Waals surface area contributed by atoms with Gasteiger partial charge in [0.25, 0.3) is 23.7 Å². The predicted molar refractivity (Wildman–Crippen MR) is 141 cm³/mol. The molecule has 4 heterocycles. The van der Waals surface area contributed by atoms with Crippen LogP contribution in [0.5, 0.6) is 0 Å². The van der Waals surface area contributed by atoms with E-state index in [2.05, 4.69) is 20.4 Å². The van der Waals surface area contributed by atoms with Crippen LogP contribution >= 0.6 is 0 Å². The first-order valence-corrected chi connectivity index (χ1v) is 12.8. The Balaban J connectivity index is 1.48. The number of anilines is 1. The maximum absolute atomic E-state index is 13.2. The summed E-state index contributed by atoms with van der Waals surface area (Å²) in [5.74, 6) is -0.787. The smallest absolute Gasteiger partial charge is 0.414 e. The van der Waals surface area contributed by atoms with E-state index in [9.17, 15) is 19.2 Å². The monoisotopic (exact) mass is 547 g/mol. The molecule has 13 nitrogen and oxygen atoms in total. The highest BCUT2D eigenvalue weighted by Crippen LogP contribution is 2.31. The Bertz CT molecular complexity index is 1440. The molecule has 13 heteroatoms. The van der Waals surface area contributed by atoms with Crippen molar-refractivity contribution >= 4 is 29.8 Å². The number of imide groups is 1. The van der Waals surface area contributed by atoms with E-state index in [1.54, 1.807) is 69.0 Å². The molecular weight excluding hydrogens is 518 g/mol. The highest BCUT2D eigenvalue weighted by atomic mass is 16.6. The molecule has 1 N–H and O–H groups in total. The SMILES string of the molecule is CC(c1nc(NC(=O)OC(C)(C)C)nn1-c1ccc(C(=O)N2CCOCC2)cn1)N1C(=O)c2ccccc2C1=O. The lowest BCUT2D eigenvalue weighted by molar-refractivity contribution is 0.0302. The third kappa shape index (κ3) is 5.27. The molecule has 1 atom stereocenters. The van der Waals surface area contributed by atoms with Gasteiger partial charge >= 0.3 is 6.09 Å². The normalized spacial score (nSPS) is 16.1. The summed E-state index contributed by atoms with van der Waals surface area (Å²) in [4.78, 5) is 63.3. The number of carbonyl (C=O) groups is 4. The molecule has 40 heavy (non-hydrogen) atoms. The number of carbonyl (C=O) groups excluding carboxylic acids is 4. The predicted octanol–water partition coefficient (Wildman–Crippen LogP) is 2.84. The Kier molecular flexibility index (Phi) is 7.06. The standard InChI is InChI=1S/C27H29N7O6/c1-16(33-23(36)18-7-5-6-8-19(18)24(33)37)21-29-25(30-26(38)40-27(2,3)4)31-34(21)20-10-9-17(15-28-20)22(35)32-11-13-39-14-12-32/h5-10,15-16H,11-14H2,1-4H3,(H,30,31,38). The number of rotatable bonds is 5. The minimum atomic E-state index is -0.884. The van der Waals surface area contributed by atoms with Gasteiger partial charge in [0, 0.05) is 19.3 Å². The molecule has 2 aliphatic rings. The third-order valence-corrected chi connectivity index (χ3v) is 6.34. The Morgan fingerprint density at radius 3 is 2.25 bits per heavy atom. The van der Waals surface area contributed by atoms with Crippen LogP contribution in [0.1, 0.15) is 70.6 Å². The number of benzene rings is 1. The van der Waals surface area contributed by atoms with E-state index in [4.69, 9.17) is 9.47 Å². The van der Waals surface area contributed by atoms with Gasteiger partial charge in [0.15, 0.2) is 11.6 Å². The van der Waals surface area contributed by atoms with Crippen LogP contribution in [0.15, 0.2) is 42.6 Å². The first-order chi connectivity index (χ1) is 19.0. The Morgan fingerprint density at radius 2 is 1.68 bits per heavy atom. The third-order valence-electron chi connectivity index (χ3n) is 6.34. The number of nitrogens with zero attached hydrogens (tertiary/aromatic N) is 6. The van der Waals surface area contributed by atoms with Gasteiger partial charge in [0.05, 0.1) is 35.9 Å². The van der Waals surface area contributed by atoms with E-state index in [-0.39, 0.29) is 23.5 Å². The van der Waals surface area contributed by atoms with E-state index >= 15 is 0 Å². The Morgan fingerprint density at radius 1 is 1.02 bits per heavy atom. The summed E-state index contributed by atoms with van der Waals surface area (Å²) in [6.07, 6.45) is 0.649. The molecule has 2 aliphatic heterocycles. The van der Waals surface area contributed by atoms with Gasteiger partial charge in [-0.1, -0.05) is 12.1 Å². The fraction of sp³-hybridized carbons (Fsp3) is 0.370. The van der Waals surface area contributed by atoms with Crippen molar-refractivity contribution in [2.45, 2.75) is 39.3 Å². The second-order valence-electron chi connectivity index (χ2n) is 10.3. The number of hydrogen-bond acceptors (Lipinski definition) is 9. The summed E-state index contributed by atoms with van der Waals surface area (Å²) in [6, 6.07) is 8.87. The first kappa shape index (κ1) is 26.9. The molecule has 0 saturated carbocycles. The highest BCUT2D eigenvalue weighted by molar-refractivity contribution is 6.21. The number of morpholine rings is 1. The van der Waals surface area contributed by atoms with E-state index in [1.165, 1.54) is 10.9 Å². The van der Waals surface area contributed by atoms with Crippen molar-refractivity contribution in [1.29, 1.82) is 0 Å². The minimum Gasteiger partial charge on any atom is -0.444 e. The van der Waals surface area contributed by atoms with Crippen LogP contribution in [-0.4, -0.2) is 85.3 Å². The highest BCUT2D eigenvalue weighted by Gasteiger charge is 2.40. The molecular formula is C27H29N7O6. The molecule has 208 valence electrons. The molecule has 0 radical (unpaired) electrons. The summed E-state index contributed by atoms with van der Waals surface area (Å²) < 4.78 is 11.9. The zero-order valence-electron chi connectivity index (χ0n) is 22.6. The number of ether oxygens (including phenoxy) is 2. The maximum Gasteiger partial charge on any atom is 0.414 e. The van der Waals surface area contributed by atoms with E-state index in [0.717, 1.165) is 4.90 Å². The molecule has 5 rings (SSSR count). The molecule has 1 saturated heterocycles. The number of nitrogens with one attached hydrogen (secondary N) is 1. The van der Waals surface area contributed by atoms with Crippen LogP contribution in [0, 0.1) is 0 Å². The minimum absolute atomic E-state index is 0.108. The van der Waals surface area contributed by atoms with Crippen LogP contribution in [0.3, 0.4) is 0 Å². The average molecular weight is 548 g/mol. The zero-order chi connectivity index (χ0) is 28.6. The van der Waals surface area contributed by atoms with Crippen LogP contribution < -0.4 is 5.32 Å². The van der Waals surface area contributed by atoms with Crippen LogP contribution in [0.25, 0.3) is 5.82 Å². The molecule has 0 aliphatic carbocycles. The summed E-state index contributed by atoms with van der Waals surface area (Å²) in [6.45, 7) is 8.73. The molecule has 1 unspecified atom stereocenters. The van der Waals surface area contributed by atoms with Crippen molar-refractivity contribution in [2.24, 2.45) is 0 Å². The van der Waals surface area contributed by atoms with E-state index in [1.807, 2.05) is 0 Å². The maximum atomic E-state index is 13.2. The number of hydrogen-bond donors (Lipinski definition) is 1. The molecule has 0 spiro atoms.